The van der Waals surface area contributed by atoms with Crippen molar-refractivity contribution in [3.8, 4) is 0 Å². The maximum absolute atomic E-state index is 12.5. The highest BCUT2D eigenvalue weighted by atomic mass is 16.2. The van der Waals surface area contributed by atoms with Crippen LogP contribution in [0.1, 0.15) is 39.0 Å². The minimum Gasteiger partial charge on any atom is -0.339 e. The average Bonchev–Trinajstić information content (AvgIpc) is 2.39. The van der Waals surface area contributed by atoms with E-state index in [1.54, 1.807) is 0 Å². The Hall–Kier alpha value is -0.830. The summed E-state index contributed by atoms with van der Waals surface area (Å²) in [6.07, 6.45) is 9.62. The van der Waals surface area contributed by atoms with Crippen LogP contribution in [0.3, 0.4) is 0 Å². The van der Waals surface area contributed by atoms with Gasteiger partial charge in [0, 0.05) is 18.5 Å². The van der Waals surface area contributed by atoms with Crippen LogP contribution in [0.2, 0.25) is 0 Å². The molecule has 2 rings (SSSR count). The standard InChI is InChI=1S/C14H24N2O/c1-11-7-8-12(9-15)10-16(11)14(17)13-5-3-2-4-6-13/h2-3,11-13H,4-10,15H2,1H3. The van der Waals surface area contributed by atoms with Crippen molar-refractivity contribution in [1.29, 1.82) is 0 Å². The summed E-state index contributed by atoms with van der Waals surface area (Å²) in [4.78, 5) is 14.6. The maximum Gasteiger partial charge on any atom is 0.226 e. The molecule has 2 aliphatic rings. The molecule has 3 atom stereocenters. The highest BCUT2D eigenvalue weighted by molar-refractivity contribution is 5.79. The van der Waals surface area contributed by atoms with Crippen LogP contribution in [0.5, 0.6) is 0 Å². The predicted molar refractivity (Wildman–Crippen MR) is 69.4 cm³/mol. The van der Waals surface area contributed by atoms with Gasteiger partial charge >= 0.3 is 0 Å². The lowest BCUT2D eigenvalue weighted by molar-refractivity contribution is -0.140. The molecule has 3 heteroatoms. The van der Waals surface area contributed by atoms with Gasteiger partial charge in [-0.3, -0.25) is 4.79 Å². The summed E-state index contributed by atoms with van der Waals surface area (Å²) in [7, 11) is 0. The first kappa shape index (κ1) is 12.6. The number of hydrogen-bond donors (Lipinski definition) is 1. The molecule has 3 unspecified atom stereocenters. The number of carbonyl (C=O) groups is 1. The van der Waals surface area contributed by atoms with Gasteiger partial charge in [0.05, 0.1) is 0 Å². The Bertz CT molecular complexity index is 301. The monoisotopic (exact) mass is 236 g/mol. The second kappa shape index (κ2) is 5.67. The fraction of sp³-hybridized carbons (Fsp3) is 0.786. The predicted octanol–water partition coefficient (Wildman–Crippen LogP) is 1.93. The van der Waals surface area contributed by atoms with E-state index < -0.39 is 0 Å². The first-order valence-electron chi connectivity index (χ1n) is 6.88. The molecule has 0 aromatic rings. The number of hydrogen-bond acceptors (Lipinski definition) is 2. The van der Waals surface area contributed by atoms with Gasteiger partial charge in [-0.1, -0.05) is 12.2 Å². The SMILES string of the molecule is CC1CCC(CN)CN1C(=O)C1CC=CCC1. The van der Waals surface area contributed by atoms with Crippen molar-refractivity contribution in [1.82, 2.24) is 4.90 Å². The minimum absolute atomic E-state index is 0.221. The maximum atomic E-state index is 12.5. The second-order valence-electron chi connectivity index (χ2n) is 5.50. The fourth-order valence-corrected chi connectivity index (χ4v) is 2.93. The summed E-state index contributed by atoms with van der Waals surface area (Å²) in [6, 6.07) is 0.399. The molecule has 1 aliphatic carbocycles. The van der Waals surface area contributed by atoms with Crippen molar-refractivity contribution in [2.24, 2.45) is 17.6 Å². The molecular formula is C14H24N2O. The molecule has 1 fully saturated rings. The number of allylic oxidation sites excluding steroid dienone is 2. The van der Waals surface area contributed by atoms with Crippen LogP contribution in [0, 0.1) is 11.8 Å². The van der Waals surface area contributed by atoms with Crippen LogP contribution in [0.15, 0.2) is 12.2 Å². The lowest BCUT2D eigenvalue weighted by Gasteiger charge is -2.39. The Morgan fingerprint density at radius 3 is 2.82 bits per heavy atom. The molecule has 0 saturated carbocycles. The highest BCUT2D eigenvalue weighted by Gasteiger charge is 2.32. The van der Waals surface area contributed by atoms with E-state index >= 15 is 0 Å². The summed E-state index contributed by atoms with van der Waals surface area (Å²) in [5.74, 6) is 1.09. The van der Waals surface area contributed by atoms with Gasteiger partial charge in [0.1, 0.15) is 0 Å². The molecule has 2 N–H and O–H groups in total. The number of carbonyl (C=O) groups excluding carboxylic acids is 1. The van der Waals surface area contributed by atoms with E-state index in [0.717, 1.165) is 32.2 Å². The number of nitrogens with two attached hydrogens (primary N) is 1. The van der Waals surface area contributed by atoms with Gasteiger partial charge < -0.3 is 10.6 Å². The zero-order valence-corrected chi connectivity index (χ0v) is 10.8. The number of amides is 1. The van der Waals surface area contributed by atoms with E-state index in [0.29, 0.717) is 24.4 Å². The molecule has 17 heavy (non-hydrogen) atoms. The largest absolute Gasteiger partial charge is 0.339 e. The van der Waals surface area contributed by atoms with E-state index in [-0.39, 0.29) is 5.92 Å². The first-order chi connectivity index (χ1) is 8.22. The third-order valence-corrected chi connectivity index (χ3v) is 4.21. The van der Waals surface area contributed by atoms with Gasteiger partial charge in [-0.2, -0.15) is 0 Å². The molecule has 0 aromatic heterocycles. The fourth-order valence-electron chi connectivity index (χ4n) is 2.93. The van der Waals surface area contributed by atoms with Gasteiger partial charge in [0.2, 0.25) is 5.91 Å². The molecule has 0 aromatic carbocycles. The van der Waals surface area contributed by atoms with Crippen molar-refractivity contribution < 1.29 is 4.79 Å². The third-order valence-electron chi connectivity index (χ3n) is 4.21. The third kappa shape index (κ3) is 2.89. The summed E-state index contributed by atoms with van der Waals surface area (Å²) < 4.78 is 0. The van der Waals surface area contributed by atoms with Crippen LogP contribution in [0.4, 0.5) is 0 Å². The number of rotatable bonds is 2. The van der Waals surface area contributed by atoms with Gasteiger partial charge in [-0.05, 0) is 51.5 Å². The lowest BCUT2D eigenvalue weighted by Crippen LogP contribution is -2.49. The van der Waals surface area contributed by atoms with Crippen molar-refractivity contribution in [3.05, 3.63) is 12.2 Å². The van der Waals surface area contributed by atoms with Gasteiger partial charge in [-0.25, -0.2) is 0 Å². The average molecular weight is 236 g/mol. The first-order valence-corrected chi connectivity index (χ1v) is 6.88. The summed E-state index contributed by atoms with van der Waals surface area (Å²) in [5, 5.41) is 0. The number of piperidine rings is 1. The molecule has 3 nitrogen and oxygen atoms in total. The van der Waals surface area contributed by atoms with E-state index in [9.17, 15) is 4.79 Å². The molecule has 96 valence electrons. The quantitative estimate of drug-likeness (QED) is 0.745. The lowest BCUT2D eigenvalue weighted by atomic mass is 9.88. The van der Waals surface area contributed by atoms with Gasteiger partial charge in [0.25, 0.3) is 0 Å². The van der Waals surface area contributed by atoms with Crippen LogP contribution in [-0.2, 0) is 4.79 Å². The Labute approximate surface area is 104 Å². The van der Waals surface area contributed by atoms with Crippen LogP contribution in [-0.4, -0.2) is 29.9 Å². The molecule has 1 heterocycles. The van der Waals surface area contributed by atoms with E-state index in [1.165, 1.54) is 6.42 Å². The molecule has 0 bridgehead atoms. The van der Waals surface area contributed by atoms with E-state index in [4.69, 9.17) is 5.73 Å². The summed E-state index contributed by atoms with van der Waals surface area (Å²) in [5.41, 5.74) is 5.74. The molecule has 1 amide bonds. The Morgan fingerprint density at radius 2 is 2.18 bits per heavy atom. The van der Waals surface area contributed by atoms with Crippen molar-refractivity contribution in [3.63, 3.8) is 0 Å². The normalized spacial score (nSPS) is 33.8. The van der Waals surface area contributed by atoms with Gasteiger partial charge in [-0.15, -0.1) is 0 Å². The van der Waals surface area contributed by atoms with E-state index in [1.807, 2.05) is 0 Å². The molecule has 0 radical (unpaired) electrons. The number of likely N-dealkylation sites (tertiary alicyclic amines) is 1. The zero-order valence-electron chi connectivity index (χ0n) is 10.8. The van der Waals surface area contributed by atoms with Crippen LogP contribution >= 0.6 is 0 Å². The zero-order chi connectivity index (χ0) is 12.3. The Balaban J connectivity index is 1.98. The molecule has 1 aliphatic heterocycles. The summed E-state index contributed by atoms with van der Waals surface area (Å²) in [6.45, 7) is 3.75. The Kier molecular flexibility index (Phi) is 4.21. The second-order valence-corrected chi connectivity index (χ2v) is 5.50. The highest BCUT2D eigenvalue weighted by Crippen LogP contribution is 2.27. The smallest absolute Gasteiger partial charge is 0.226 e. The van der Waals surface area contributed by atoms with Crippen molar-refractivity contribution in [2.75, 3.05) is 13.1 Å². The Morgan fingerprint density at radius 1 is 1.35 bits per heavy atom. The topological polar surface area (TPSA) is 46.3 Å². The van der Waals surface area contributed by atoms with Crippen LogP contribution < -0.4 is 5.73 Å². The minimum atomic E-state index is 0.221. The summed E-state index contributed by atoms with van der Waals surface area (Å²) >= 11 is 0. The molecule has 0 spiro atoms. The van der Waals surface area contributed by atoms with Crippen molar-refractivity contribution >= 4 is 5.91 Å². The molecule has 1 saturated heterocycles. The number of nitrogens with zero attached hydrogens (tertiary/aromatic N) is 1. The van der Waals surface area contributed by atoms with Crippen LogP contribution in [0.25, 0.3) is 0 Å². The van der Waals surface area contributed by atoms with Crippen molar-refractivity contribution in [2.45, 2.75) is 45.1 Å². The van der Waals surface area contributed by atoms with E-state index in [2.05, 4.69) is 24.0 Å². The molecular weight excluding hydrogens is 212 g/mol. The van der Waals surface area contributed by atoms with Gasteiger partial charge in [0.15, 0.2) is 0 Å².